The largest absolute Gasteiger partial charge is 0.493 e. The summed E-state index contributed by atoms with van der Waals surface area (Å²) in [6.45, 7) is 6.67. The van der Waals surface area contributed by atoms with Crippen LogP contribution in [0.5, 0.6) is 11.5 Å². The molecule has 160 valence electrons. The van der Waals surface area contributed by atoms with Crippen LogP contribution >= 0.6 is 0 Å². The number of ether oxygens (including phenoxy) is 3. The number of aromatic nitrogens is 1. The second-order valence-electron chi connectivity index (χ2n) is 6.90. The normalized spacial score (nSPS) is 11.4. The average molecular weight is 414 g/mol. The topological polar surface area (TPSA) is 104 Å². The fraction of sp³-hybridized carbons (Fsp3) is 0.364. The number of pyridine rings is 1. The van der Waals surface area contributed by atoms with E-state index in [1.54, 1.807) is 6.92 Å². The van der Waals surface area contributed by atoms with E-state index in [0.717, 1.165) is 11.1 Å². The summed E-state index contributed by atoms with van der Waals surface area (Å²) in [6, 6.07) is 7.56. The van der Waals surface area contributed by atoms with Crippen LogP contribution in [0.3, 0.4) is 0 Å². The maximum atomic E-state index is 12.4. The van der Waals surface area contributed by atoms with Crippen LogP contribution in [0.1, 0.15) is 41.0 Å². The number of methoxy groups -OCH3 is 1. The molecule has 1 amide bonds. The highest BCUT2D eigenvalue weighted by Crippen LogP contribution is 2.29. The number of rotatable bonds is 8. The van der Waals surface area contributed by atoms with Gasteiger partial charge in [0.2, 0.25) is 5.75 Å². The Morgan fingerprint density at radius 1 is 1.17 bits per heavy atom. The van der Waals surface area contributed by atoms with Gasteiger partial charge in [-0.25, -0.2) is 4.98 Å². The summed E-state index contributed by atoms with van der Waals surface area (Å²) in [7, 11) is 1.37. The molecule has 0 bridgehead atoms. The van der Waals surface area contributed by atoms with Crippen LogP contribution in [0.4, 0.5) is 0 Å². The molecule has 1 unspecified atom stereocenters. The number of esters is 2. The summed E-state index contributed by atoms with van der Waals surface area (Å²) in [4.78, 5) is 39.8. The molecule has 8 heteroatoms. The highest BCUT2D eigenvalue weighted by Gasteiger charge is 2.21. The van der Waals surface area contributed by atoms with Gasteiger partial charge in [-0.1, -0.05) is 23.8 Å². The van der Waals surface area contributed by atoms with Crippen molar-refractivity contribution in [2.75, 3.05) is 13.7 Å². The van der Waals surface area contributed by atoms with Crippen molar-refractivity contribution in [1.82, 2.24) is 10.3 Å². The number of benzene rings is 1. The summed E-state index contributed by atoms with van der Waals surface area (Å²) in [6.07, 6.45) is 1.55. The van der Waals surface area contributed by atoms with Gasteiger partial charge in [0, 0.05) is 25.6 Å². The van der Waals surface area contributed by atoms with E-state index in [1.165, 1.54) is 31.9 Å². The van der Waals surface area contributed by atoms with Crippen molar-refractivity contribution < 1.29 is 28.6 Å². The van der Waals surface area contributed by atoms with Crippen molar-refractivity contribution in [3.8, 4) is 11.5 Å². The van der Waals surface area contributed by atoms with Crippen molar-refractivity contribution >= 4 is 17.8 Å². The van der Waals surface area contributed by atoms with Gasteiger partial charge < -0.3 is 19.5 Å². The summed E-state index contributed by atoms with van der Waals surface area (Å²) < 4.78 is 15.5. The zero-order valence-corrected chi connectivity index (χ0v) is 17.8. The van der Waals surface area contributed by atoms with E-state index in [-0.39, 0.29) is 29.8 Å². The third-order valence-corrected chi connectivity index (χ3v) is 4.28. The van der Waals surface area contributed by atoms with Crippen LogP contribution in [0.2, 0.25) is 0 Å². The molecule has 1 aromatic carbocycles. The molecule has 0 fully saturated rings. The molecular weight excluding hydrogens is 388 g/mol. The van der Waals surface area contributed by atoms with Gasteiger partial charge in [-0.2, -0.15) is 0 Å². The van der Waals surface area contributed by atoms with Crippen molar-refractivity contribution in [2.24, 2.45) is 0 Å². The van der Waals surface area contributed by atoms with Gasteiger partial charge in [-0.15, -0.1) is 0 Å². The SMILES string of the molecule is COc1ccnc(C(=O)NCC(=O)OC(C)Cc2ccc(C)cc2C)c1OC(C)=O. The van der Waals surface area contributed by atoms with Gasteiger partial charge in [0.25, 0.3) is 5.91 Å². The van der Waals surface area contributed by atoms with Gasteiger partial charge in [0.1, 0.15) is 12.6 Å². The Bertz CT molecular complexity index is 941. The Balaban J connectivity index is 1.96. The van der Waals surface area contributed by atoms with Gasteiger partial charge >= 0.3 is 11.9 Å². The summed E-state index contributed by atoms with van der Waals surface area (Å²) >= 11 is 0. The van der Waals surface area contributed by atoms with Crippen LogP contribution in [0.15, 0.2) is 30.5 Å². The van der Waals surface area contributed by atoms with Crippen LogP contribution in [-0.4, -0.2) is 42.6 Å². The molecule has 2 rings (SSSR count). The lowest BCUT2D eigenvalue weighted by molar-refractivity contribution is -0.146. The molecule has 0 aliphatic rings. The standard InChI is InChI=1S/C22H26N2O6/c1-13-6-7-17(14(2)10-13)11-15(3)29-19(26)12-24-22(27)20-21(30-16(4)25)18(28-5)8-9-23-20/h6-10,15H,11-12H2,1-5H3,(H,24,27). The summed E-state index contributed by atoms with van der Waals surface area (Å²) in [5, 5.41) is 2.43. The van der Waals surface area contributed by atoms with E-state index in [4.69, 9.17) is 14.2 Å². The zero-order valence-electron chi connectivity index (χ0n) is 17.8. The maximum Gasteiger partial charge on any atom is 0.325 e. The van der Waals surface area contributed by atoms with E-state index in [0.29, 0.717) is 6.42 Å². The molecule has 1 heterocycles. The molecule has 0 saturated heterocycles. The second-order valence-corrected chi connectivity index (χ2v) is 6.90. The Morgan fingerprint density at radius 3 is 2.53 bits per heavy atom. The van der Waals surface area contributed by atoms with Crippen molar-refractivity contribution in [3.63, 3.8) is 0 Å². The zero-order chi connectivity index (χ0) is 22.3. The number of aryl methyl sites for hydroxylation is 2. The molecular formula is C22H26N2O6. The van der Waals surface area contributed by atoms with Gasteiger partial charge in [-0.3, -0.25) is 14.4 Å². The van der Waals surface area contributed by atoms with E-state index in [9.17, 15) is 14.4 Å². The predicted octanol–water partition coefficient (Wildman–Crippen LogP) is 2.54. The van der Waals surface area contributed by atoms with Crippen LogP contribution in [0, 0.1) is 13.8 Å². The number of carbonyl (C=O) groups excluding carboxylic acids is 3. The number of carbonyl (C=O) groups is 3. The van der Waals surface area contributed by atoms with E-state index in [2.05, 4.69) is 16.4 Å². The number of hydrogen-bond acceptors (Lipinski definition) is 7. The first-order chi connectivity index (χ1) is 14.2. The third kappa shape index (κ3) is 6.30. The lowest BCUT2D eigenvalue weighted by Gasteiger charge is -2.16. The van der Waals surface area contributed by atoms with Crippen molar-refractivity contribution in [2.45, 2.75) is 40.2 Å². The van der Waals surface area contributed by atoms with Crippen molar-refractivity contribution in [3.05, 3.63) is 52.8 Å². The van der Waals surface area contributed by atoms with Gasteiger partial charge in [0.15, 0.2) is 11.4 Å². The van der Waals surface area contributed by atoms with E-state index < -0.39 is 17.8 Å². The van der Waals surface area contributed by atoms with Gasteiger partial charge in [0.05, 0.1) is 7.11 Å². The Labute approximate surface area is 175 Å². The van der Waals surface area contributed by atoms with Crippen LogP contribution in [0.25, 0.3) is 0 Å². The molecule has 1 atom stereocenters. The molecule has 1 aromatic heterocycles. The lowest BCUT2D eigenvalue weighted by Crippen LogP contribution is -2.33. The second kappa shape index (κ2) is 10.4. The lowest BCUT2D eigenvalue weighted by atomic mass is 10.0. The first-order valence-electron chi connectivity index (χ1n) is 9.46. The van der Waals surface area contributed by atoms with E-state index >= 15 is 0 Å². The number of amides is 1. The maximum absolute atomic E-state index is 12.4. The first-order valence-corrected chi connectivity index (χ1v) is 9.46. The fourth-order valence-corrected chi connectivity index (χ4v) is 2.92. The first kappa shape index (κ1) is 22.9. The van der Waals surface area contributed by atoms with Gasteiger partial charge in [-0.05, 0) is 31.9 Å². The highest BCUT2D eigenvalue weighted by atomic mass is 16.6. The number of hydrogen-bond donors (Lipinski definition) is 1. The quantitative estimate of drug-likeness (QED) is 0.662. The van der Waals surface area contributed by atoms with E-state index in [1.807, 2.05) is 26.0 Å². The molecule has 30 heavy (non-hydrogen) atoms. The molecule has 2 aromatic rings. The van der Waals surface area contributed by atoms with Crippen LogP contribution in [-0.2, 0) is 20.7 Å². The fourth-order valence-electron chi connectivity index (χ4n) is 2.92. The molecule has 0 saturated carbocycles. The molecule has 8 nitrogen and oxygen atoms in total. The molecule has 0 aliphatic heterocycles. The van der Waals surface area contributed by atoms with Crippen LogP contribution < -0.4 is 14.8 Å². The Hall–Kier alpha value is -3.42. The smallest absolute Gasteiger partial charge is 0.325 e. The summed E-state index contributed by atoms with van der Waals surface area (Å²) in [5.74, 6) is -1.84. The summed E-state index contributed by atoms with van der Waals surface area (Å²) in [5.41, 5.74) is 3.23. The minimum atomic E-state index is -0.691. The average Bonchev–Trinajstić information content (AvgIpc) is 2.68. The molecule has 1 N–H and O–H groups in total. The Morgan fingerprint density at radius 2 is 1.90 bits per heavy atom. The third-order valence-electron chi connectivity index (χ3n) is 4.28. The minimum absolute atomic E-state index is 0.110. The molecule has 0 spiro atoms. The molecule has 0 aliphatic carbocycles. The minimum Gasteiger partial charge on any atom is -0.493 e. The number of nitrogens with one attached hydrogen (secondary N) is 1. The number of nitrogens with zero attached hydrogens (tertiary/aromatic N) is 1. The highest BCUT2D eigenvalue weighted by molar-refractivity contribution is 5.98. The predicted molar refractivity (Wildman–Crippen MR) is 110 cm³/mol. The van der Waals surface area contributed by atoms with Crippen molar-refractivity contribution in [1.29, 1.82) is 0 Å². The Kier molecular flexibility index (Phi) is 7.91. The monoisotopic (exact) mass is 414 g/mol. The molecule has 0 radical (unpaired) electrons.